The first-order valence-electron chi connectivity index (χ1n) is 7.68. The average Bonchev–Trinajstić information content (AvgIpc) is 2.48. The Balaban J connectivity index is 2.88. The predicted molar refractivity (Wildman–Crippen MR) is 85.6 cm³/mol. The second-order valence-corrected chi connectivity index (χ2v) is 6.02. The van der Waals surface area contributed by atoms with Gasteiger partial charge in [-0.3, -0.25) is 4.79 Å². The van der Waals surface area contributed by atoms with Crippen molar-refractivity contribution in [3.63, 3.8) is 0 Å². The van der Waals surface area contributed by atoms with Gasteiger partial charge in [0.1, 0.15) is 5.41 Å². The van der Waals surface area contributed by atoms with Crippen LogP contribution in [0.2, 0.25) is 0 Å². The van der Waals surface area contributed by atoms with E-state index in [1.807, 2.05) is 11.8 Å². The molecule has 0 unspecified atom stereocenters. The fourth-order valence-electron chi connectivity index (χ4n) is 2.80. The molecule has 0 bridgehead atoms. The summed E-state index contributed by atoms with van der Waals surface area (Å²) < 4.78 is 5.38. The number of ether oxygens (including phenoxy) is 1. The van der Waals surface area contributed by atoms with Crippen molar-refractivity contribution < 1.29 is 9.53 Å². The summed E-state index contributed by atoms with van der Waals surface area (Å²) in [5.41, 5.74) is 5.23. The van der Waals surface area contributed by atoms with E-state index in [1.54, 1.807) is 0 Å². The molecule has 1 rings (SSSR count). The zero-order valence-corrected chi connectivity index (χ0v) is 13.8. The topological polar surface area (TPSA) is 55.6 Å². The van der Waals surface area contributed by atoms with Crippen LogP contribution in [0.3, 0.4) is 0 Å². The van der Waals surface area contributed by atoms with Crippen molar-refractivity contribution in [2.75, 3.05) is 26.3 Å². The van der Waals surface area contributed by atoms with Gasteiger partial charge in [-0.2, -0.15) is 0 Å². The van der Waals surface area contributed by atoms with Gasteiger partial charge >= 0.3 is 0 Å². The van der Waals surface area contributed by atoms with Gasteiger partial charge in [0.15, 0.2) is 0 Å². The molecule has 0 radical (unpaired) electrons. The van der Waals surface area contributed by atoms with Gasteiger partial charge < -0.3 is 15.4 Å². The largest absolute Gasteiger partial charge is 0.392 e. The van der Waals surface area contributed by atoms with Gasteiger partial charge in [-0.25, -0.2) is 0 Å². The molecule has 2 N–H and O–H groups in total. The van der Waals surface area contributed by atoms with E-state index in [9.17, 15) is 4.79 Å². The summed E-state index contributed by atoms with van der Waals surface area (Å²) in [4.78, 5) is 15.2. The first-order chi connectivity index (χ1) is 9.51. The second-order valence-electron chi connectivity index (χ2n) is 5.59. The highest BCUT2D eigenvalue weighted by atomic mass is 32.1. The standard InChI is InChI=1S/C15H28N2O2S/c1-4-12(5-2)11-17(6-3)14(18)15(13(16)20)7-9-19-10-8-15/h12H,4-11H2,1-3H3,(H2,16,20). The van der Waals surface area contributed by atoms with Crippen molar-refractivity contribution in [3.8, 4) is 0 Å². The van der Waals surface area contributed by atoms with Gasteiger partial charge in [0, 0.05) is 26.3 Å². The number of thiocarbonyl (C=S) groups is 1. The molecule has 0 aromatic rings. The van der Waals surface area contributed by atoms with Crippen molar-refractivity contribution in [3.05, 3.63) is 0 Å². The SMILES string of the molecule is CCC(CC)CN(CC)C(=O)C1(C(N)=S)CCOCC1. The normalized spacial score (nSPS) is 18.0. The number of hydrogen-bond donors (Lipinski definition) is 1. The van der Waals surface area contributed by atoms with Crippen LogP contribution in [0.25, 0.3) is 0 Å². The van der Waals surface area contributed by atoms with Gasteiger partial charge in [0.25, 0.3) is 0 Å². The van der Waals surface area contributed by atoms with E-state index >= 15 is 0 Å². The Kier molecular flexibility index (Phi) is 6.89. The third-order valence-electron chi connectivity index (χ3n) is 4.53. The number of hydrogen-bond acceptors (Lipinski definition) is 3. The van der Waals surface area contributed by atoms with Gasteiger partial charge in [0.05, 0.1) is 4.99 Å². The van der Waals surface area contributed by atoms with Crippen LogP contribution in [0.4, 0.5) is 0 Å². The van der Waals surface area contributed by atoms with Crippen molar-refractivity contribution in [2.45, 2.75) is 46.5 Å². The molecule has 1 saturated heterocycles. The van der Waals surface area contributed by atoms with Crippen LogP contribution >= 0.6 is 12.2 Å². The predicted octanol–water partition coefficient (Wildman–Crippen LogP) is 2.35. The Morgan fingerprint density at radius 1 is 1.30 bits per heavy atom. The van der Waals surface area contributed by atoms with Crippen molar-refractivity contribution in [1.82, 2.24) is 4.90 Å². The molecular formula is C15H28N2O2S. The molecule has 1 amide bonds. The highest BCUT2D eigenvalue weighted by Gasteiger charge is 2.45. The fraction of sp³-hybridized carbons (Fsp3) is 0.867. The summed E-state index contributed by atoms with van der Waals surface area (Å²) in [6.45, 7) is 8.99. The maximum atomic E-state index is 13.0. The molecule has 1 aliphatic rings. The van der Waals surface area contributed by atoms with E-state index in [4.69, 9.17) is 22.7 Å². The van der Waals surface area contributed by atoms with E-state index in [0.29, 0.717) is 43.5 Å². The summed E-state index contributed by atoms with van der Waals surface area (Å²) in [6, 6.07) is 0. The third-order valence-corrected chi connectivity index (χ3v) is 4.92. The minimum absolute atomic E-state index is 0.0997. The quantitative estimate of drug-likeness (QED) is 0.733. The third kappa shape index (κ3) is 3.70. The molecule has 0 aromatic heterocycles. The molecule has 0 aromatic carbocycles. The minimum Gasteiger partial charge on any atom is -0.392 e. The first-order valence-corrected chi connectivity index (χ1v) is 8.09. The Morgan fingerprint density at radius 2 is 1.85 bits per heavy atom. The van der Waals surface area contributed by atoms with Crippen LogP contribution in [-0.2, 0) is 9.53 Å². The van der Waals surface area contributed by atoms with Crippen LogP contribution in [0.1, 0.15) is 46.5 Å². The fourth-order valence-corrected chi connectivity index (χ4v) is 3.09. The Labute approximate surface area is 128 Å². The zero-order valence-electron chi connectivity index (χ0n) is 13.0. The number of amides is 1. The summed E-state index contributed by atoms with van der Waals surface area (Å²) in [6.07, 6.45) is 3.40. The summed E-state index contributed by atoms with van der Waals surface area (Å²) in [5.74, 6) is 0.643. The molecule has 1 fully saturated rings. The number of carbonyl (C=O) groups excluding carboxylic acids is 1. The molecule has 4 nitrogen and oxygen atoms in total. The zero-order chi connectivity index (χ0) is 15.2. The van der Waals surface area contributed by atoms with Gasteiger partial charge in [-0.15, -0.1) is 0 Å². The summed E-state index contributed by atoms with van der Waals surface area (Å²) in [7, 11) is 0. The maximum absolute atomic E-state index is 13.0. The Hall–Kier alpha value is -0.680. The highest BCUT2D eigenvalue weighted by Crippen LogP contribution is 2.33. The maximum Gasteiger partial charge on any atom is 0.235 e. The van der Waals surface area contributed by atoms with E-state index < -0.39 is 5.41 Å². The molecule has 0 aliphatic carbocycles. The lowest BCUT2D eigenvalue weighted by molar-refractivity contribution is -0.142. The molecule has 20 heavy (non-hydrogen) atoms. The average molecular weight is 300 g/mol. The number of nitrogens with two attached hydrogens (primary N) is 1. The monoisotopic (exact) mass is 300 g/mol. The van der Waals surface area contributed by atoms with Crippen LogP contribution in [-0.4, -0.2) is 42.1 Å². The lowest BCUT2D eigenvalue weighted by Crippen LogP contribution is -2.54. The van der Waals surface area contributed by atoms with Crippen LogP contribution < -0.4 is 5.73 Å². The van der Waals surface area contributed by atoms with Crippen LogP contribution in [0.15, 0.2) is 0 Å². The molecule has 0 saturated carbocycles. The van der Waals surface area contributed by atoms with E-state index in [-0.39, 0.29) is 5.91 Å². The smallest absolute Gasteiger partial charge is 0.235 e. The Morgan fingerprint density at radius 3 is 2.25 bits per heavy atom. The lowest BCUT2D eigenvalue weighted by Gasteiger charge is -2.39. The van der Waals surface area contributed by atoms with Crippen molar-refractivity contribution in [2.24, 2.45) is 17.1 Å². The highest BCUT2D eigenvalue weighted by molar-refractivity contribution is 7.80. The first kappa shape index (κ1) is 17.4. The molecule has 1 heterocycles. The molecule has 116 valence electrons. The Bertz CT molecular complexity index is 337. The van der Waals surface area contributed by atoms with Gasteiger partial charge in [0.2, 0.25) is 5.91 Å². The number of nitrogens with zero attached hydrogens (tertiary/aromatic N) is 1. The van der Waals surface area contributed by atoms with Gasteiger partial charge in [-0.05, 0) is 25.7 Å². The van der Waals surface area contributed by atoms with E-state index in [0.717, 1.165) is 19.4 Å². The lowest BCUT2D eigenvalue weighted by atomic mass is 9.78. The molecule has 1 aliphatic heterocycles. The molecular weight excluding hydrogens is 272 g/mol. The van der Waals surface area contributed by atoms with Gasteiger partial charge in [-0.1, -0.05) is 38.9 Å². The van der Waals surface area contributed by atoms with Crippen molar-refractivity contribution >= 4 is 23.1 Å². The summed E-state index contributed by atoms with van der Waals surface area (Å²) >= 11 is 5.22. The van der Waals surface area contributed by atoms with Crippen molar-refractivity contribution in [1.29, 1.82) is 0 Å². The second kappa shape index (κ2) is 7.93. The number of carbonyl (C=O) groups is 1. The van der Waals surface area contributed by atoms with E-state index in [2.05, 4.69) is 13.8 Å². The van der Waals surface area contributed by atoms with Crippen LogP contribution in [0, 0.1) is 11.3 Å². The molecule has 0 spiro atoms. The molecule has 5 heteroatoms. The number of rotatable bonds is 7. The molecule has 0 atom stereocenters. The van der Waals surface area contributed by atoms with Crippen LogP contribution in [0.5, 0.6) is 0 Å². The minimum atomic E-state index is -0.685. The van der Waals surface area contributed by atoms with E-state index in [1.165, 1.54) is 0 Å². The summed E-state index contributed by atoms with van der Waals surface area (Å²) in [5, 5.41) is 0.